The Kier molecular flexibility index (Phi) is 7.28. The minimum absolute atomic E-state index is 0.394. The van der Waals surface area contributed by atoms with Crippen LogP contribution < -0.4 is 15.5 Å². The van der Waals surface area contributed by atoms with E-state index in [2.05, 4.69) is 26.6 Å². The number of pyridine rings is 1. The van der Waals surface area contributed by atoms with Crippen molar-refractivity contribution in [3.05, 3.63) is 46.3 Å². The van der Waals surface area contributed by atoms with Gasteiger partial charge in [0.1, 0.15) is 11.4 Å². The molecule has 6 nitrogen and oxygen atoms in total. The maximum Gasteiger partial charge on any atom is 0.191 e. The predicted octanol–water partition coefficient (Wildman–Crippen LogP) is 3.10. The first-order valence-corrected chi connectivity index (χ1v) is 11.0. The predicted molar refractivity (Wildman–Crippen MR) is 117 cm³/mol. The van der Waals surface area contributed by atoms with Crippen molar-refractivity contribution in [2.45, 2.75) is 45.3 Å². The van der Waals surface area contributed by atoms with Gasteiger partial charge in [-0.1, -0.05) is 0 Å². The first-order valence-electron chi connectivity index (χ1n) is 10.1. The van der Waals surface area contributed by atoms with E-state index in [0.29, 0.717) is 19.0 Å². The minimum Gasteiger partial charge on any atom is -0.384 e. The molecule has 0 bridgehead atoms. The largest absolute Gasteiger partial charge is 0.384 e. The molecule has 1 saturated heterocycles. The second kappa shape index (κ2) is 9.89. The van der Waals surface area contributed by atoms with E-state index >= 15 is 0 Å². The number of nitrogens with one attached hydrogen (secondary N) is 2. The van der Waals surface area contributed by atoms with Crippen LogP contribution in [-0.4, -0.2) is 42.2 Å². The summed E-state index contributed by atoms with van der Waals surface area (Å²) >= 11 is 1.59. The Hall–Kier alpha value is -2.12. The monoisotopic (exact) mass is 401 g/mol. The lowest BCUT2D eigenvalue weighted by Crippen LogP contribution is -2.44. The number of aliphatic hydroxyl groups is 1. The quantitative estimate of drug-likeness (QED) is 0.491. The standard InChI is InChI=1S/C21H31N5OS/c1-3-22-20(25-16-21(2,27)18-8-12-28-15-18)24-14-17-7-9-23-19(13-17)26-10-5-4-6-11-26/h7-9,12-13,15,27H,3-6,10-11,14,16H2,1-2H3,(H2,22,24,25). The molecule has 0 spiro atoms. The first-order chi connectivity index (χ1) is 13.6. The van der Waals surface area contributed by atoms with Gasteiger partial charge < -0.3 is 20.6 Å². The maximum absolute atomic E-state index is 10.7. The molecule has 1 fully saturated rings. The third-order valence-corrected chi connectivity index (χ3v) is 5.68. The van der Waals surface area contributed by atoms with Crippen molar-refractivity contribution < 1.29 is 5.11 Å². The van der Waals surface area contributed by atoms with Crippen molar-refractivity contribution in [3.63, 3.8) is 0 Å². The van der Waals surface area contributed by atoms with Crippen molar-refractivity contribution in [1.29, 1.82) is 0 Å². The molecule has 3 heterocycles. The third-order valence-electron chi connectivity index (χ3n) is 5.00. The topological polar surface area (TPSA) is 72.8 Å². The average molecular weight is 402 g/mol. The average Bonchev–Trinajstić information content (AvgIpc) is 3.27. The highest BCUT2D eigenvalue weighted by Crippen LogP contribution is 2.22. The number of piperidine rings is 1. The highest BCUT2D eigenvalue weighted by atomic mass is 32.1. The lowest BCUT2D eigenvalue weighted by molar-refractivity contribution is 0.0621. The Morgan fingerprint density at radius 3 is 2.82 bits per heavy atom. The van der Waals surface area contributed by atoms with Gasteiger partial charge in [-0.2, -0.15) is 11.3 Å². The van der Waals surface area contributed by atoms with Crippen LogP contribution in [0.15, 0.2) is 40.1 Å². The van der Waals surface area contributed by atoms with Gasteiger partial charge in [-0.3, -0.25) is 0 Å². The van der Waals surface area contributed by atoms with Crippen LogP contribution in [0.25, 0.3) is 0 Å². The molecule has 2 aromatic rings. The Morgan fingerprint density at radius 2 is 2.11 bits per heavy atom. The molecule has 1 atom stereocenters. The molecule has 2 aromatic heterocycles. The van der Waals surface area contributed by atoms with Crippen LogP contribution in [0.4, 0.5) is 5.82 Å². The van der Waals surface area contributed by atoms with E-state index in [1.165, 1.54) is 19.3 Å². The van der Waals surface area contributed by atoms with Crippen LogP contribution in [0.1, 0.15) is 44.2 Å². The molecule has 1 aliphatic rings. The molecular formula is C21H31N5OS. The highest BCUT2D eigenvalue weighted by Gasteiger charge is 2.23. The fourth-order valence-electron chi connectivity index (χ4n) is 3.30. The summed E-state index contributed by atoms with van der Waals surface area (Å²) in [7, 11) is 0. The van der Waals surface area contributed by atoms with Crippen molar-refractivity contribution in [2.75, 3.05) is 31.1 Å². The number of guanidine groups is 1. The molecule has 1 unspecified atom stereocenters. The fraction of sp³-hybridized carbons (Fsp3) is 0.524. The molecule has 3 rings (SSSR count). The zero-order valence-corrected chi connectivity index (χ0v) is 17.6. The minimum atomic E-state index is -0.936. The van der Waals surface area contributed by atoms with Crippen LogP contribution in [0.5, 0.6) is 0 Å². The summed E-state index contributed by atoms with van der Waals surface area (Å²) in [5.74, 6) is 1.75. The van der Waals surface area contributed by atoms with Crippen LogP contribution in [-0.2, 0) is 12.1 Å². The second-order valence-corrected chi connectivity index (χ2v) is 8.18. The summed E-state index contributed by atoms with van der Waals surface area (Å²) in [6.45, 7) is 7.75. The van der Waals surface area contributed by atoms with Gasteiger partial charge >= 0.3 is 0 Å². The lowest BCUT2D eigenvalue weighted by atomic mass is 9.99. The van der Waals surface area contributed by atoms with Gasteiger partial charge in [0.2, 0.25) is 0 Å². The number of rotatable bonds is 7. The molecule has 3 N–H and O–H groups in total. The molecule has 0 radical (unpaired) electrons. The number of nitrogens with zero attached hydrogens (tertiary/aromatic N) is 3. The first kappa shape index (κ1) is 20.6. The summed E-state index contributed by atoms with van der Waals surface area (Å²) in [6, 6.07) is 6.11. The summed E-state index contributed by atoms with van der Waals surface area (Å²) in [5.41, 5.74) is 1.12. The van der Waals surface area contributed by atoms with Crippen LogP contribution in [0, 0.1) is 0 Å². The molecule has 1 aliphatic heterocycles. The van der Waals surface area contributed by atoms with E-state index < -0.39 is 5.60 Å². The van der Waals surface area contributed by atoms with Gasteiger partial charge in [0, 0.05) is 25.8 Å². The summed E-state index contributed by atoms with van der Waals surface area (Å²) in [4.78, 5) is 11.6. The van der Waals surface area contributed by atoms with Crippen molar-refractivity contribution in [2.24, 2.45) is 4.99 Å². The molecule has 0 aliphatic carbocycles. The summed E-state index contributed by atoms with van der Waals surface area (Å²) in [5, 5.41) is 21.2. The van der Waals surface area contributed by atoms with Crippen LogP contribution >= 0.6 is 11.3 Å². The number of thiophene rings is 1. The number of hydrogen-bond donors (Lipinski definition) is 3. The SMILES string of the molecule is CCNC(=NCc1ccnc(N2CCCCC2)c1)NCC(C)(O)c1ccsc1. The Bertz CT molecular complexity index is 754. The van der Waals surface area contributed by atoms with Gasteiger partial charge in [0.15, 0.2) is 5.96 Å². The lowest BCUT2D eigenvalue weighted by Gasteiger charge is -2.27. The van der Waals surface area contributed by atoms with Crippen molar-refractivity contribution in [3.8, 4) is 0 Å². The van der Waals surface area contributed by atoms with Crippen LogP contribution in [0.2, 0.25) is 0 Å². The zero-order chi connectivity index (χ0) is 19.8. The normalized spacial score (nSPS) is 17.2. The van der Waals surface area contributed by atoms with E-state index in [1.807, 2.05) is 42.9 Å². The highest BCUT2D eigenvalue weighted by molar-refractivity contribution is 7.08. The summed E-state index contributed by atoms with van der Waals surface area (Å²) < 4.78 is 0. The van der Waals surface area contributed by atoms with E-state index in [4.69, 9.17) is 4.99 Å². The van der Waals surface area contributed by atoms with E-state index in [1.54, 1.807) is 11.3 Å². The number of hydrogen-bond acceptors (Lipinski definition) is 5. The maximum atomic E-state index is 10.7. The van der Waals surface area contributed by atoms with Gasteiger partial charge in [0.25, 0.3) is 0 Å². The molecule has 0 amide bonds. The Morgan fingerprint density at radius 1 is 1.29 bits per heavy atom. The zero-order valence-electron chi connectivity index (χ0n) is 16.8. The van der Waals surface area contributed by atoms with Crippen LogP contribution in [0.3, 0.4) is 0 Å². The van der Waals surface area contributed by atoms with E-state index in [-0.39, 0.29) is 0 Å². The molecular weight excluding hydrogens is 370 g/mol. The molecule has 0 aromatic carbocycles. The number of anilines is 1. The third kappa shape index (κ3) is 5.69. The smallest absolute Gasteiger partial charge is 0.191 e. The van der Waals surface area contributed by atoms with E-state index in [9.17, 15) is 5.11 Å². The van der Waals surface area contributed by atoms with Gasteiger partial charge in [-0.25, -0.2) is 9.98 Å². The van der Waals surface area contributed by atoms with Gasteiger partial charge in [-0.05, 0) is 73.2 Å². The Balaban J connectivity index is 1.62. The second-order valence-electron chi connectivity index (χ2n) is 7.40. The summed E-state index contributed by atoms with van der Waals surface area (Å²) in [6.07, 6.45) is 5.66. The van der Waals surface area contributed by atoms with E-state index in [0.717, 1.165) is 36.6 Å². The van der Waals surface area contributed by atoms with Gasteiger partial charge in [-0.15, -0.1) is 0 Å². The number of aromatic nitrogens is 1. The molecule has 0 saturated carbocycles. The fourth-order valence-corrected chi connectivity index (χ4v) is 4.08. The molecule has 152 valence electrons. The number of aliphatic imine (C=N–C) groups is 1. The van der Waals surface area contributed by atoms with Gasteiger partial charge in [0.05, 0.1) is 13.1 Å². The molecule has 28 heavy (non-hydrogen) atoms. The Labute approximate surface area is 171 Å². The van der Waals surface area contributed by atoms with Crippen molar-refractivity contribution in [1.82, 2.24) is 15.6 Å². The molecule has 7 heteroatoms. The van der Waals surface area contributed by atoms with Crippen molar-refractivity contribution >= 4 is 23.1 Å².